The molecule has 22 nitrogen and oxygen atoms in total. The van der Waals surface area contributed by atoms with Crippen LogP contribution in [0.15, 0.2) is 77.5 Å². The molecule has 0 bridgehead atoms. The summed E-state index contributed by atoms with van der Waals surface area (Å²) in [4.78, 5) is 51.5. The molecule has 0 saturated heterocycles. The van der Waals surface area contributed by atoms with Gasteiger partial charge < -0.3 is 82.4 Å². The fraction of sp³-hybridized carbons (Fsp3) is 0.698. The van der Waals surface area contributed by atoms with Crippen molar-refractivity contribution in [2.45, 2.75) is 82.1 Å². The summed E-state index contributed by atoms with van der Waals surface area (Å²) < 4.78 is 106. The number of ether oxygens (including phenoxy) is 13. The zero-order chi connectivity index (χ0) is 62.2. The first-order valence-electron chi connectivity index (χ1n) is 30.4. The molecule has 3 fully saturated rings. The van der Waals surface area contributed by atoms with Gasteiger partial charge in [-0.25, -0.2) is 8.78 Å². The molecular weight excluding hydrogens is 1140 g/mol. The van der Waals surface area contributed by atoms with Gasteiger partial charge in [0, 0.05) is 34.5 Å². The number of alkyl halides is 2. The van der Waals surface area contributed by atoms with Crippen LogP contribution in [0.4, 0.5) is 14.5 Å². The number of anilines is 1. The normalized spacial score (nSPS) is 25.2. The second-order valence-electron chi connectivity index (χ2n) is 22.3. The van der Waals surface area contributed by atoms with E-state index in [9.17, 15) is 29.5 Å². The SMILES string of the molecule is CNCCOCCOCCOCCOCCOCCOCCOCCOCCOCCOCCOCCOCCC(=O)Nc1cccc(Cc2ccc([C@H](N=O)O[C@]3(C(=O)CO)CCC4[C@@H]5C[C@H](F)C6=CC(=O)C=C[C@]6(C)[C@@]5(F)[C@@H](O)C[C@@]43C)cc2)c1. The summed E-state index contributed by atoms with van der Waals surface area (Å²) in [7, 11) is 1.89. The average molecular weight is 1230 g/mol. The van der Waals surface area contributed by atoms with Gasteiger partial charge in [-0.3, -0.25) is 14.4 Å². The number of ketones is 2. The van der Waals surface area contributed by atoms with E-state index in [0.717, 1.165) is 23.7 Å². The molecule has 6 rings (SSSR count). The molecule has 2 aromatic rings. The Balaban J connectivity index is 0.741. The maximum Gasteiger partial charge on any atom is 0.226 e. The molecule has 0 aliphatic heterocycles. The lowest BCUT2D eigenvalue weighted by molar-refractivity contribution is -0.237. The number of fused-ring (bicyclic) bond motifs is 5. The van der Waals surface area contributed by atoms with Gasteiger partial charge in [0.1, 0.15) is 18.4 Å². The maximum absolute atomic E-state index is 17.8. The number of allylic oxidation sites excluding steroid dienone is 4. The lowest BCUT2D eigenvalue weighted by Crippen LogP contribution is -2.70. The van der Waals surface area contributed by atoms with Gasteiger partial charge in [-0.1, -0.05) is 49.4 Å². The minimum atomic E-state index is -2.38. The van der Waals surface area contributed by atoms with Gasteiger partial charge in [0.15, 0.2) is 17.2 Å². The fourth-order valence-electron chi connectivity index (χ4n) is 12.3. The Bertz CT molecular complexity index is 2430. The Labute approximate surface area is 509 Å². The summed E-state index contributed by atoms with van der Waals surface area (Å²) in [5.74, 6) is -3.20. The minimum absolute atomic E-state index is 0.0169. The summed E-state index contributed by atoms with van der Waals surface area (Å²) in [6.07, 6.45) is -1.08. The highest BCUT2D eigenvalue weighted by Gasteiger charge is 2.76. The zero-order valence-corrected chi connectivity index (χ0v) is 50.9. The lowest BCUT2D eigenvalue weighted by Gasteiger charge is -2.63. The number of carbonyl (C=O) groups is 3. The topological polar surface area (TPSA) is 265 Å². The predicted molar refractivity (Wildman–Crippen MR) is 316 cm³/mol. The van der Waals surface area contributed by atoms with Crippen molar-refractivity contribution in [2.75, 3.05) is 184 Å². The third kappa shape index (κ3) is 20.8. The largest absolute Gasteiger partial charge is 0.390 e. The molecule has 4 aliphatic carbocycles. The van der Waals surface area contributed by atoms with E-state index >= 15 is 8.78 Å². The van der Waals surface area contributed by atoms with Crippen LogP contribution in [0.2, 0.25) is 0 Å². The van der Waals surface area contributed by atoms with Crippen LogP contribution < -0.4 is 10.6 Å². The third-order valence-electron chi connectivity index (χ3n) is 16.7. The van der Waals surface area contributed by atoms with Crippen LogP contribution in [0.5, 0.6) is 0 Å². The molecule has 0 heterocycles. The summed E-state index contributed by atoms with van der Waals surface area (Å²) in [5, 5.41) is 31.3. The molecule has 24 heteroatoms. The van der Waals surface area contributed by atoms with Crippen molar-refractivity contribution < 1.29 is 95.0 Å². The second kappa shape index (κ2) is 38.3. The summed E-state index contributed by atoms with van der Waals surface area (Å²) >= 11 is 0. The first-order chi connectivity index (χ1) is 42.3. The molecule has 1 unspecified atom stereocenters. The van der Waals surface area contributed by atoms with E-state index in [1.807, 2.05) is 25.2 Å². The van der Waals surface area contributed by atoms with E-state index in [4.69, 9.17) is 61.6 Å². The standard InChI is InChI=1S/C63H93F2N3O19/c1-60-14-11-51(70)43-54(60)55(64)44-53-52-12-15-62(57(72)46-69,61(52,2)45-56(71)63(53,60)65)87-59(68-74)49-9-7-47(8-10-49)41-48-5-4-6-50(42-48)67-58(73)13-17-75-19-21-77-23-25-79-27-29-81-31-33-83-35-37-85-39-40-86-38-36-84-34-32-82-30-28-80-26-24-78-22-20-76-18-16-66-3/h4-11,14,42-43,52-53,55-56,59,66,69,71H,12-13,15-41,44-46H2,1-3H3,(H,67,73)/t52?,53-,55-,56-,59+,60-,61-,62-,63-/m0/s1. The first-order valence-corrected chi connectivity index (χ1v) is 30.4. The highest BCUT2D eigenvalue weighted by atomic mass is 19.1. The molecular formula is C63H93F2N3O19. The van der Waals surface area contributed by atoms with Gasteiger partial charge in [-0.2, -0.15) is 0 Å². The van der Waals surface area contributed by atoms with Crippen LogP contribution in [0.25, 0.3) is 0 Å². The number of nitroso groups, excluding NO2 is 1. The van der Waals surface area contributed by atoms with Crippen LogP contribution in [-0.4, -0.2) is 230 Å². The van der Waals surface area contributed by atoms with E-state index in [1.54, 1.807) is 37.3 Å². The van der Waals surface area contributed by atoms with Crippen molar-refractivity contribution in [1.29, 1.82) is 0 Å². The van der Waals surface area contributed by atoms with E-state index < -0.39 is 70.6 Å². The molecule has 4 aliphatic rings. The number of carbonyl (C=O) groups excluding carboxylic acids is 3. The first kappa shape index (κ1) is 71.6. The number of benzene rings is 2. The third-order valence-corrected chi connectivity index (χ3v) is 16.7. The van der Waals surface area contributed by atoms with Crippen LogP contribution in [0.1, 0.15) is 68.9 Å². The number of likely N-dealkylation sites (N-methyl/N-ethyl adjacent to an activating group) is 1. The lowest BCUT2D eigenvalue weighted by atomic mass is 9.44. The molecule has 3 saturated carbocycles. The number of hydrogen-bond acceptors (Lipinski definition) is 21. The van der Waals surface area contributed by atoms with Crippen molar-refractivity contribution >= 4 is 23.2 Å². The van der Waals surface area contributed by atoms with E-state index in [2.05, 4.69) is 15.8 Å². The van der Waals surface area contributed by atoms with Crippen molar-refractivity contribution in [2.24, 2.45) is 27.8 Å². The summed E-state index contributed by atoms with van der Waals surface area (Å²) in [6, 6.07) is 14.3. The van der Waals surface area contributed by atoms with Crippen LogP contribution in [-0.2, 0) is 82.4 Å². The number of nitrogens with zero attached hydrogens (tertiary/aromatic N) is 1. The Morgan fingerprint density at radius 1 is 0.678 bits per heavy atom. The molecule has 0 spiro atoms. The van der Waals surface area contributed by atoms with Crippen molar-refractivity contribution in [3.05, 3.63) is 93.9 Å². The van der Waals surface area contributed by atoms with Gasteiger partial charge in [-0.05, 0) is 98.2 Å². The fourth-order valence-corrected chi connectivity index (χ4v) is 12.3. The number of hydrogen-bond donors (Lipinski definition) is 4. The van der Waals surface area contributed by atoms with E-state index in [0.29, 0.717) is 170 Å². The zero-order valence-electron chi connectivity index (χ0n) is 50.9. The van der Waals surface area contributed by atoms with Gasteiger partial charge in [0.25, 0.3) is 0 Å². The van der Waals surface area contributed by atoms with Crippen molar-refractivity contribution in [3.8, 4) is 0 Å². The predicted octanol–water partition coefficient (Wildman–Crippen LogP) is 5.43. The molecule has 4 N–H and O–H groups in total. The highest BCUT2D eigenvalue weighted by Crippen LogP contribution is 2.71. The smallest absolute Gasteiger partial charge is 0.226 e. The molecule has 9 atom stereocenters. The van der Waals surface area contributed by atoms with Crippen LogP contribution in [0.3, 0.4) is 0 Å². The van der Waals surface area contributed by atoms with Crippen molar-refractivity contribution in [3.63, 3.8) is 0 Å². The Kier molecular flexibility index (Phi) is 31.5. The Hall–Kier alpha value is -4.45. The molecule has 2 aromatic carbocycles. The molecule has 488 valence electrons. The Morgan fingerprint density at radius 2 is 1.16 bits per heavy atom. The van der Waals surface area contributed by atoms with E-state index in [1.165, 1.54) is 19.1 Å². The quantitative estimate of drug-likeness (QED) is 0.0476. The monoisotopic (exact) mass is 1230 g/mol. The van der Waals surface area contributed by atoms with E-state index in [-0.39, 0.29) is 50.2 Å². The number of nitrogens with one attached hydrogen (secondary N) is 2. The van der Waals surface area contributed by atoms with Gasteiger partial charge >= 0.3 is 0 Å². The molecule has 1 amide bonds. The number of aliphatic hydroxyl groups is 2. The number of Topliss-reactive ketones (excluding diaryl/α,β-unsaturated/α-hetero) is 1. The number of rotatable bonds is 48. The van der Waals surface area contributed by atoms with Gasteiger partial charge in [0.05, 0.1) is 171 Å². The van der Waals surface area contributed by atoms with Crippen LogP contribution >= 0.6 is 0 Å². The number of halogens is 2. The highest BCUT2D eigenvalue weighted by molar-refractivity contribution is 6.01. The summed E-state index contributed by atoms with van der Waals surface area (Å²) in [5.41, 5.74) is -4.53. The number of amides is 1. The average Bonchev–Trinajstić information content (AvgIpc) is 1.68. The number of aliphatic hydroxyl groups excluding tert-OH is 2. The van der Waals surface area contributed by atoms with Crippen LogP contribution in [0, 0.1) is 27.6 Å². The van der Waals surface area contributed by atoms with Gasteiger partial charge in [-0.15, -0.1) is 4.91 Å². The van der Waals surface area contributed by atoms with Gasteiger partial charge in [0.2, 0.25) is 12.1 Å². The molecule has 87 heavy (non-hydrogen) atoms. The molecule has 0 radical (unpaired) electrons. The minimum Gasteiger partial charge on any atom is -0.390 e. The maximum atomic E-state index is 17.8. The summed E-state index contributed by atoms with van der Waals surface area (Å²) in [6.45, 7) is 14.0. The van der Waals surface area contributed by atoms with Crippen molar-refractivity contribution in [1.82, 2.24) is 5.32 Å². The Morgan fingerprint density at radius 3 is 1.63 bits per heavy atom. The molecule has 0 aromatic heterocycles. The second-order valence-corrected chi connectivity index (χ2v) is 22.3.